The van der Waals surface area contributed by atoms with Crippen LogP contribution in [-0.2, 0) is 0 Å². The first-order valence-corrected chi connectivity index (χ1v) is 29.4. The Balaban J connectivity index is 0.000000354. The highest BCUT2D eigenvalue weighted by molar-refractivity contribution is 6.11. The third-order valence-electron chi connectivity index (χ3n) is 14.6. The van der Waals surface area contributed by atoms with Crippen LogP contribution in [-0.4, -0.2) is 34.7 Å². The third kappa shape index (κ3) is 23.4. The van der Waals surface area contributed by atoms with E-state index >= 15 is 0 Å². The molecule has 0 radical (unpaired) electrons. The molecule has 0 spiro atoms. The zero-order valence-corrected chi connectivity index (χ0v) is 47.5. The standard InChI is InChI=1S/C44H50O4.C16H12O2.C12H26/c1-3-5-8-14-34(22-32-42(46)36-25-29-40(30-26-36)44(48)38-17-11-7-12-18-38)20-19-33(13-4-2)21-31-41(45)35-23-27-39(28-24-35)43(47)37-15-9-6-10-16-37;1-2-15(17)12-8-10-14(11-9-12)16(18)13-6-4-3-5-7-13;1-3-5-7-9-11-12-10-8-6-4-2/h6-7,9-12,15-18,23-30,33-34H,3-5,8,13-14,19-22,31-32H2,1-2H3;2-11H,1H2;3-12H2,1-2H3. The van der Waals surface area contributed by atoms with Gasteiger partial charge in [-0.05, 0) is 30.8 Å². The highest BCUT2D eigenvalue weighted by Crippen LogP contribution is 2.29. The third-order valence-corrected chi connectivity index (χ3v) is 14.6. The maximum Gasteiger partial charge on any atom is 0.193 e. The number of unbranched alkanes of at least 4 members (excludes halogenated alkanes) is 11. The summed E-state index contributed by atoms with van der Waals surface area (Å²) >= 11 is 0. The summed E-state index contributed by atoms with van der Waals surface area (Å²) in [6.07, 6.45) is 27.4. The summed E-state index contributed by atoms with van der Waals surface area (Å²) < 4.78 is 0. The van der Waals surface area contributed by atoms with Crippen LogP contribution < -0.4 is 0 Å². The monoisotopic (exact) mass is 1050 g/mol. The number of hydrogen-bond acceptors (Lipinski definition) is 6. The fraction of sp³-hybridized carbons (Fsp3) is 0.389. The molecule has 2 atom stereocenters. The first-order chi connectivity index (χ1) is 38.0. The molecule has 412 valence electrons. The quantitative estimate of drug-likeness (QED) is 0.0227. The lowest BCUT2D eigenvalue weighted by molar-refractivity contribution is 0.0959. The topological polar surface area (TPSA) is 102 Å². The predicted molar refractivity (Wildman–Crippen MR) is 323 cm³/mol. The lowest BCUT2D eigenvalue weighted by atomic mass is 9.84. The van der Waals surface area contributed by atoms with E-state index < -0.39 is 0 Å². The fourth-order valence-corrected chi connectivity index (χ4v) is 9.74. The molecule has 0 aliphatic carbocycles. The average molecular weight is 1050 g/mol. The van der Waals surface area contributed by atoms with Gasteiger partial charge in [0.15, 0.2) is 34.7 Å². The van der Waals surface area contributed by atoms with Crippen molar-refractivity contribution < 1.29 is 28.8 Å². The number of ketones is 6. The Morgan fingerprint density at radius 3 is 0.910 bits per heavy atom. The van der Waals surface area contributed by atoms with Crippen LogP contribution in [0, 0.1) is 11.8 Å². The van der Waals surface area contributed by atoms with Crippen LogP contribution in [0.4, 0.5) is 0 Å². The van der Waals surface area contributed by atoms with E-state index in [9.17, 15) is 28.8 Å². The second kappa shape index (κ2) is 37.8. The van der Waals surface area contributed by atoms with Crippen LogP contribution >= 0.6 is 0 Å². The molecule has 6 heteroatoms. The number of carbonyl (C=O) groups excluding carboxylic acids is 6. The van der Waals surface area contributed by atoms with Gasteiger partial charge in [-0.3, -0.25) is 28.8 Å². The summed E-state index contributed by atoms with van der Waals surface area (Å²) in [6.45, 7) is 12.4. The normalized spacial score (nSPS) is 11.4. The summed E-state index contributed by atoms with van der Waals surface area (Å²) in [5, 5.41) is 0. The van der Waals surface area contributed by atoms with Gasteiger partial charge in [0.05, 0.1) is 0 Å². The van der Waals surface area contributed by atoms with Crippen LogP contribution in [0.3, 0.4) is 0 Å². The van der Waals surface area contributed by atoms with Gasteiger partial charge in [-0.2, -0.15) is 0 Å². The fourth-order valence-electron chi connectivity index (χ4n) is 9.74. The van der Waals surface area contributed by atoms with E-state index in [1.54, 1.807) is 109 Å². The van der Waals surface area contributed by atoms with Crippen LogP contribution in [0.2, 0.25) is 0 Å². The molecule has 0 saturated heterocycles. The number of benzene rings is 6. The van der Waals surface area contributed by atoms with Gasteiger partial charge in [0.2, 0.25) is 0 Å². The Morgan fingerprint density at radius 1 is 0.308 bits per heavy atom. The van der Waals surface area contributed by atoms with Crippen molar-refractivity contribution >= 4 is 34.7 Å². The number of carbonyl (C=O) groups is 6. The molecule has 0 aromatic heterocycles. The van der Waals surface area contributed by atoms with Gasteiger partial charge < -0.3 is 0 Å². The molecule has 6 aromatic carbocycles. The van der Waals surface area contributed by atoms with Crippen molar-refractivity contribution in [1.29, 1.82) is 0 Å². The van der Waals surface area contributed by atoms with E-state index in [1.165, 1.54) is 89.5 Å². The molecular formula is C72H88O6. The maximum atomic E-state index is 13.2. The van der Waals surface area contributed by atoms with Gasteiger partial charge >= 0.3 is 0 Å². The smallest absolute Gasteiger partial charge is 0.193 e. The van der Waals surface area contributed by atoms with Crippen molar-refractivity contribution in [2.75, 3.05) is 0 Å². The number of allylic oxidation sites excluding steroid dienone is 1. The molecular weight excluding hydrogens is 961 g/mol. The van der Waals surface area contributed by atoms with Crippen molar-refractivity contribution in [3.05, 3.63) is 227 Å². The number of Topliss-reactive ketones (excluding diaryl/α,β-unsaturated/α-hetero) is 2. The molecule has 0 bridgehead atoms. The molecule has 0 saturated carbocycles. The Morgan fingerprint density at radius 2 is 0.590 bits per heavy atom. The second-order valence-corrected chi connectivity index (χ2v) is 20.7. The molecule has 6 aromatic rings. The van der Waals surface area contributed by atoms with Gasteiger partial charge in [-0.25, -0.2) is 0 Å². The van der Waals surface area contributed by atoms with Crippen molar-refractivity contribution in [3.8, 4) is 0 Å². The molecule has 0 aliphatic heterocycles. The zero-order valence-electron chi connectivity index (χ0n) is 47.5. The van der Waals surface area contributed by atoms with E-state index in [-0.39, 0.29) is 34.7 Å². The number of hydrogen-bond donors (Lipinski definition) is 0. The van der Waals surface area contributed by atoms with Gasteiger partial charge in [-0.15, -0.1) is 0 Å². The zero-order chi connectivity index (χ0) is 56.2. The predicted octanol–water partition coefficient (Wildman–Crippen LogP) is 19.4. The Bertz CT molecular complexity index is 2660. The first-order valence-electron chi connectivity index (χ1n) is 29.4. The van der Waals surface area contributed by atoms with E-state index in [0.717, 1.165) is 44.9 Å². The van der Waals surface area contributed by atoms with Crippen molar-refractivity contribution in [3.63, 3.8) is 0 Å². The molecule has 0 fully saturated rings. The Hall–Kier alpha value is -6.92. The summed E-state index contributed by atoms with van der Waals surface area (Å²) in [5.74, 6) is 0.920. The molecule has 6 nitrogen and oxygen atoms in total. The summed E-state index contributed by atoms with van der Waals surface area (Å²) in [5.41, 5.74) is 5.52. The molecule has 0 aliphatic rings. The lowest BCUT2D eigenvalue weighted by Crippen LogP contribution is -2.11. The molecule has 78 heavy (non-hydrogen) atoms. The van der Waals surface area contributed by atoms with Crippen LogP contribution in [0.1, 0.15) is 248 Å². The van der Waals surface area contributed by atoms with Crippen molar-refractivity contribution in [1.82, 2.24) is 0 Å². The highest BCUT2D eigenvalue weighted by Gasteiger charge is 2.19. The number of rotatable bonds is 34. The Kier molecular flexibility index (Phi) is 30.8. The minimum Gasteiger partial charge on any atom is -0.294 e. The van der Waals surface area contributed by atoms with Crippen LogP contribution in [0.5, 0.6) is 0 Å². The molecule has 0 N–H and O–H groups in total. The van der Waals surface area contributed by atoms with E-state index in [1.807, 2.05) is 54.6 Å². The molecule has 2 unspecified atom stereocenters. The summed E-state index contributed by atoms with van der Waals surface area (Å²) in [7, 11) is 0. The second-order valence-electron chi connectivity index (χ2n) is 20.7. The van der Waals surface area contributed by atoms with Crippen LogP contribution in [0.15, 0.2) is 176 Å². The molecule has 0 heterocycles. The molecule has 0 amide bonds. The minimum atomic E-state index is -0.145. The van der Waals surface area contributed by atoms with Gasteiger partial charge in [0, 0.05) is 62.9 Å². The summed E-state index contributed by atoms with van der Waals surface area (Å²) in [4.78, 5) is 75.3. The van der Waals surface area contributed by atoms with E-state index in [0.29, 0.717) is 74.7 Å². The first kappa shape index (κ1) is 63.6. The Labute approximate surface area is 468 Å². The van der Waals surface area contributed by atoms with Gasteiger partial charge in [0.1, 0.15) is 0 Å². The minimum absolute atomic E-state index is 0.0397. The lowest BCUT2D eigenvalue weighted by Gasteiger charge is -2.21. The molecule has 6 rings (SSSR count). The van der Waals surface area contributed by atoms with Gasteiger partial charge in [0.25, 0.3) is 0 Å². The van der Waals surface area contributed by atoms with Gasteiger partial charge in [-0.1, -0.05) is 314 Å². The van der Waals surface area contributed by atoms with Crippen molar-refractivity contribution in [2.24, 2.45) is 11.8 Å². The van der Waals surface area contributed by atoms with E-state index in [4.69, 9.17) is 0 Å². The average Bonchev–Trinajstić information content (AvgIpc) is 3.50. The SMILES string of the molecule is C=CC(=O)c1ccc(C(=O)c2ccccc2)cc1.CCCCCC(CCC(=O)c1ccc(C(=O)c2ccccc2)cc1)CCC(CCC)CCC(=O)c1ccc(C(=O)c2ccccc2)cc1.CCCCCCCCCCCC. The highest BCUT2D eigenvalue weighted by atomic mass is 16.1. The van der Waals surface area contributed by atoms with Crippen LogP contribution in [0.25, 0.3) is 0 Å². The van der Waals surface area contributed by atoms with E-state index in [2.05, 4.69) is 34.3 Å². The summed E-state index contributed by atoms with van der Waals surface area (Å²) in [6, 6.07) is 48.2. The van der Waals surface area contributed by atoms with Crippen molar-refractivity contribution in [2.45, 2.75) is 169 Å². The maximum absolute atomic E-state index is 13.2. The largest absolute Gasteiger partial charge is 0.294 e.